The molecule has 3 aromatic rings. The van der Waals surface area contributed by atoms with Crippen molar-refractivity contribution in [3.05, 3.63) is 71.2 Å². The molecule has 0 saturated heterocycles. The first-order valence-corrected chi connectivity index (χ1v) is 8.37. The minimum absolute atomic E-state index is 0.241. The van der Waals surface area contributed by atoms with Gasteiger partial charge in [0.15, 0.2) is 0 Å². The fraction of sp³-hybridized carbons (Fsp3) is 0.250. The maximum Gasteiger partial charge on any atom is 0.290 e. The van der Waals surface area contributed by atoms with Gasteiger partial charge in [-0.15, -0.1) is 0 Å². The predicted octanol–water partition coefficient (Wildman–Crippen LogP) is 3.69. The summed E-state index contributed by atoms with van der Waals surface area (Å²) < 4.78 is 1.81. The van der Waals surface area contributed by atoms with E-state index in [-0.39, 0.29) is 5.91 Å². The standard InChI is InChI=1S/C20H22N4O/c1-14-9-12-18-21-16(3)19(24(18)13-14)20(25)23-22-15(2)10-11-17-7-5-4-6-8-17/h4-9,12-13H,10-11H2,1-3H3,(H,23,25)/b22-15-. The number of nitrogens with one attached hydrogen (secondary N) is 1. The summed E-state index contributed by atoms with van der Waals surface area (Å²) in [6, 6.07) is 14.1. The van der Waals surface area contributed by atoms with Gasteiger partial charge >= 0.3 is 0 Å². The molecule has 0 unspecified atom stereocenters. The summed E-state index contributed by atoms with van der Waals surface area (Å²) in [4.78, 5) is 17.0. The van der Waals surface area contributed by atoms with Crippen molar-refractivity contribution < 1.29 is 4.79 Å². The molecule has 5 nitrogen and oxygen atoms in total. The van der Waals surface area contributed by atoms with Crippen molar-refractivity contribution >= 4 is 17.3 Å². The first-order valence-electron chi connectivity index (χ1n) is 8.37. The number of pyridine rings is 1. The number of imidazole rings is 1. The Morgan fingerprint density at radius 3 is 2.68 bits per heavy atom. The van der Waals surface area contributed by atoms with Gasteiger partial charge in [0.05, 0.1) is 5.69 Å². The highest BCUT2D eigenvalue weighted by Gasteiger charge is 2.16. The van der Waals surface area contributed by atoms with Crippen LogP contribution in [0.1, 0.15) is 40.7 Å². The van der Waals surface area contributed by atoms with Gasteiger partial charge in [-0.05, 0) is 50.8 Å². The highest BCUT2D eigenvalue weighted by molar-refractivity contribution is 5.95. The highest BCUT2D eigenvalue weighted by atomic mass is 16.2. The fourth-order valence-electron chi connectivity index (χ4n) is 2.77. The molecule has 2 aromatic heterocycles. The van der Waals surface area contributed by atoms with E-state index in [4.69, 9.17) is 0 Å². The van der Waals surface area contributed by atoms with Crippen LogP contribution >= 0.6 is 0 Å². The number of amides is 1. The summed E-state index contributed by atoms with van der Waals surface area (Å²) in [6.07, 6.45) is 3.62. The van der Waals surface area contributed by atoms with Crippen LogP contribution in [0.2, 0.25) is 0 Å². The molecule has 0 radical (unpaired) electrons. The monoisotopic (exact) mass is 334 g/mol. The molecule has 128 valence electrons. The van der Waals surface area contributed by atoms with Crippen molar-refractivity contribution in [2.45, 2.75) is 33.6 Å². The van der Waals surface area contributed by atoms with Crippen molar-refractivity contribution in [3.63, 3.8) is 0 Å². The minimum Gasteiger partial charge on any atom is -0.295 e. The lowest BCUT2D eigenvalue weighted by atomic mass is 10.1. The third-order valence-electron chi connectivity index (χ3n) is 4.12. The zero-order chi connectivity index (χ0) is 17.8. The highest BCUT2D eigenvalue weighted by Crippen LogP contribution is 2.13. The first-order chi connectivity index (χ1) is 12.0. The fourth-order valence-corrected chi connectivity index (χ4v) is 2.77. The molecule has 1 N–H and O–H groups in total. The lowest BCUT2D eigenvalue weighted by molar-refractivity contribution is 0.0948. The summed E-state index contributed by atoms with van der Waals surface area (Å²) >= 11 is 0. The van der Waals surface area contributed by atoms with Gasteiger partial charge in [0.1, 0.15) is 11.3 Å². The van der Waals surface area contributed by atoms with E-state index in [1.165, 1.54) is 5.56 Å². The molecule has 0 spiro atoms. The Labute approximate surface area is 147 Å². The van der Waals surface area contributed by atoms with Gasteiger partial charge in [-0.25, -0.2) is 10.4 Å². The van der Waals surface area contributed by atoms with Crippen LogP contribution < -0.4 is 5.43 Å². The van der Waals surface area contributed by atoms with Crippen LogP contribution in [-0.4, -0.2) is 21.0 Å². The second-order valence-electron chi connectivity index (χ2n) is 6.25. The lowest BCUT2D eigenvalue weighted by Gasteiger charge is -2.05. The van der Waals surface area contributed by atoms with E-state index in [1.54, 1.807) is 0 Å². The van der Waals surface area contributed by atoms with Crippen LogP contribution in [0.3, 0.4) is 0 Å². The second kappa shape index (κ2) is 7.30. The zero-order valence-corrected chi connectivity index (χ0v) is 14.8. The van der Waals surface area contributed by atoms with E-state index in [2.05, 4.69) is 27.6 Å². The van der Waals surface area contributed by atoms with Crippen LogP contribution in [0.25, 0.3) is 5.65 Å². The maximum absolute atomic E-state index is 12.6. The van der Waals surface area contributed by atoms with Crippen LogP contribution in [0.15, 0.2) is 53.8 Å². The van der Waals surface area contributed by atoms with Crippen molar-refractivity contribution in [2.75, 3.05) is 0 Å². The van der Waals surface area contributed by atoms with Crippen molar-refractivity contribution in [2.24, 2.45) is 5.10 Å². The molecule has 25 heavy (non-hydrogen) atoms. The van der Waals surface area contributed by atoms with Crippen LogP contribution in [0, 0.1) is 13.8 Å². The summed E-state index contributed by atoms with van der Waals surface area (Å²) in [5, 5.41) is 4.24. The molecule has 1 amide bonds. The van der Waals surface area contributed by atoms with E-state index in [9.17, 15) is 4.79 Å². The predicted molar refractivity (Wildman–Crippen MR) is 100 cm³/mol. The average Bonchev–Trinajstić information content (AvgIpc) is 2.94. The Morgan fingerprint density at radius 2 is 1.92 bits per heavy atom. The van der Waals surface area contributed by atoms with E-state index in [0.29, 0.717) is 11.4 Å². The van der Waals surface area contributed by atoms with Gasteiger partial charge < -0.3 is 0 Å². The number of aromatic nitrogens is 2. The van der Waals surface area contributed by atoms with Crippen LogP contribution in [0.4, 0.5) is 0 Å². The minimum atomic E-state index is -0.241. The number of rotatable bonds is 5. The number of hydrogen-bond donors (Lipinski definition) is 1. The summed E-state index contributed by atoms with van der Waals surface area (Å²) in [5.74, 6) is -0.241. The summed E-state index contributed by atoms with van der Waals surface area (Å²) in [7, 11) is 0. The molecule has 3 rings (SSSR count). The van der Waals surface area contributed by atoms with Crippen LogP contribution in [0.5, 0.6) is 0 Å². The Morgan fingerprint density at radius 1 is 1.16 bits per heavy atom. The van der Waals surface area contributed by atoms with Gasteiger partial charge in [0, 0.05) is 11.9 Å². The molecule has 0 saturated carbocycles. The van der Waals surface area contributed by atoms with Crippen molar-refractivity contribution in [1.29, 1.82) is 0 Å². The number of hydrogen-bond acceptors (Lipinski definition) is 3. The van der Waals surface area contributed by atoms with Crippen molar-refractivity contribution in [1.82, 2.24) is 14.8 Å². The molecule has 0 aliphatic carbocycles. The van der Waals surface area contributed by atoms with E-state index >= 15 is 0 Å². The molecular weight excluding hydrogens is 312 g/mol. The number of nitrogens with zero attached hydrogens (tertiary/aromatic N) is 3. The molecular formula is C20H22N4O. The Balaban J connectivity index is 1.70. The van der Waals surface area contributed by atoms with Gasteiger partial charge in [0.2, 0.25) is 0 Å². The zero-order valence-electron chi connectivity index (χ0n) is 14.8. The summed E-state index contributed by atoms with van der Waals surface area (Å²) in [5.41, 5.74) is 7.86. The number of fused-ring (bicyclic) bond motifs is 1. The third kappa shape index (κ3) is 3.94. The van der Waals surface area contributed by atoms with Crippen LogP contribution in [-0.2, 0) is 6.42 Å². The molecule has 1 aromatic carbocycles. The third-order valence-corrected chi connectivity index (χ3v) is 4.12. The Bertz CT molecular complexity index is 926. The lowest BCUT2D eigenvalue weighted by Crippen LogP contribution is -2.21. The number of hydrazone groups is 1. The Kier molecular flexibility index (Phi) is 4.93. The number of carbonyl (C=O) groups is 1. The topological polar surface area (TPSA) is 58.8 Å². The van der Waals surface area contributed by atoms with E-state index in [0.717, 1.165) is 29.8 Å². The molecule has 5 heteroatoms. The number of benzene rings is 1. The smallest absolute Gasteiger partial charge is 0.290 e. The quantitative estimate of drug-likeness (QED) is 0.571. The average molecular weight is 334 g/mol. The normalized spacial score (nSPS) is 11.7. The van der Waals surface area contributed by atoms with Gasteiger partial charge in [-0.1, -0.05) is 36.4 Å². The van der Waals surface area contributed by atoms with Crippen molar-refractivity contribution in [3.8, 4) is 0 Å². The van der Waals surface area contributed by atoms with Gasteiger partial charge in [-0.2, -0.15) is 5.10 Å². The van der Waals surface area contributed by atoms with E-state index in [1.807, 2.05) is 61.7 Å². The number of aryl methyl sites for hydroxylation is 3. The molecule has 0 fully saturated rings. The molecule has 0 aliphatic rings. The molecule has 0 bridgehead atoms. The molecule has 0 atom stereocenters. The second-order valence-corrected chi connectivity index (χ2v) is 6.25. The number of carbonyl (C=O) groups excluding carboxylic acids is 1. The Hall–Kier alpha value is -2.95. The molecule has 2 heterocycles. The first kappa shape index (κ1) is 16.9. The molecule has 0 aliphatic heterocycles. The SMILES string of the molecule is C/C(CCc1ccccc1)=N/NC(=O)c1c(C)nc2ccc(C)cn12. The summed E-state index contributed by atoms with van der Waals surface area (Å²) in [6.45, 7) is 5.75. The van der Waals surface area contributed by atoms with E-state index < -0.39 is 0 Å². The largest absolute Gasteiger partial charge is 0.295 e. The van der Waals surface area contributed by atoms with Gasteiger partial charge in [-0.3, -0.25) is 9.20 Å². The van der Waals surface area contributed by atoms with Gasteiger partial charge in [0.25, 0.3) is 5.91 Å². The maximum atomic E-state index is 12.6.